The number of hydrogen-bond donors (Lipinski definition) is 2. The standard InChI is InChI=1S/C19H17F5N6O3/c20-18(21)33-16-6-12(2-4-25-16)17(32)27-9-13-10-30-14(29-13)5-11(8-28-30)7-26-15(31)1-3-19(22,23)24/h2,4-6,8,10,18H,1,3,7,9H2,(H,26,31)(H,27,32). The van der Waals surface area contributed by atoms with Crippen LogP contribution in [0.15, 0.2) is 36.8 Å². The van der Waals surface area contributed by atoms with Gasteiger partial charge in [-0.2, -0.15) is 27.1 Å². The molecule has 33 heavy (non-hydrogen) atoms. The van der Waals surface area contributed by atoms with Crippen LogP contribution in [0.1, 0.15) is 34.5 Å². The first-order chi connectivity index (χ1) is 15.6. The molecule has 9 nitrogen and oxygen atoms in total. The molecule has 0 radical (unpaired) electrons. The van der Waals surface area contributed by atoms with Gasteiger partial charge in [-0.3, -0.25) is 9.59 Å². The fraction of sp³-hybridized carbons (Fsp3) is 0.316. The van der Waals surface area contributed by atoms with Crippen molar-refractivity contribution in [1.82, 2.24) is 30.2 Å². The van der Waals surface area contributed by atoms with Crippen LogP contribution >= 0.6 is 0 Å². The van der Waals surface area contributed by atoms with E-state index in [1.54, 1.807) is 12.3 Å². The molecule has 3 aromatic rings. The predicted octanol–water partition coefficient (Wildman–Crippen LogP) is 2.61. The second kappa shape index (κ2) is 10.2. The van der Waals surface area contributed by atoms with Crippen LogP contribution in [0.2, 0.25) is 0 Å². The number of fused-ring (bicyclic) bond motifs is 1. The van der Waals surface area contributed by atoms with Gasteiger partial charge in [0.25, 0.3) is 5.91 Å². The number of aromatic nitrogens is 4. The van der Waals surface area contributed by atoms with Crippen LogP contribution in [0.5, 0.6) is 5.88 Å². The Morgan fingerprint density at radius 2 is 1.94 bits per heavy atom. The molecule has 0 spiro atoms. The topological polar surface area (TPSA) is 111 Å². The molecule has 0 fully saturated rings. The van der Waals surface area contributed by atoms with E-state index in [2.05, 4.69) is 30.4 Å². The summed E-state index contributed by atoms with van der Waals surface area (Å²) in [5.74, 6) is -1.70. The Bertz CT molecular complexity index is 1130. The summed E-state index contributed by atoms with van der Waals surface area (Å²) in [6.45, 7) is -3.09. The monoisotopic (exact) mass is 472 g/mol. The van der Waals surface area contributed by atoms with E-state index in [9.17, 15) is 31.5 Å². The lowest BCUT2D eigenvalue weighted by Gasteiger charge is -2.07. The Kier molecular flexibility index (Phi) is 7.35. The molecule has 14 heteroatoms. The summed E-state index contributed by atoms with van der Waals surface area (Å²) >= 11 is 0. The molecule has 0 atom stereocenters. The lowest BCUT2D eigenvalue weighted by atomic mass is 10.2. The molecule has 0 aliphatic carbocycles. The minimum atomic E-state index is -4.40. The third kappa shape index (κ3) is 7.36. The van der Waals surface area contributed by atoms with E-state index in [-0.39, 0.29) is 18.7 Å². The number of rotatable bonds is 9. The van der Waals surface area contributed by atoms with Crippen LogP contribution in [0.3, 0.4) is 0 Å². The molecule has 0 aliphatic rings. The molecule has 2 N–H and O–H groups in total. The molecule has 3 heterocycles. The molecule has 3 rings (SSSR count). The van der Waals surface area contributed by atoms with E-state index in [0.29, 0.717) is 16.9 Å². The predicted molar refractivity (Wildman–Crippen MR) is 102 cm³/mol. The number of carbonyl (C=O) groups is 2. The number of nitrogens with zero attached hydrogens (tertiary/aromatic N) is 4. The van der Waals surface area contributed by atoms with E-state index in [1.165, 1.54) is 16.8 Å². The number of ether oxygens (including phenoxy) is 1. The zero-order chi connectivity index (χ0) is 24.0. The van der Waals surface area contributed by atoms with E-state index in [4.69, 9.17) is 0 Å². The molecular formula is C19H17F5N6O3. The molecule has 176 valence electrons. The highest BCUT2D eigenvalue weighted by Gasteiger charge is 2.27. The molecule has 3 aromatic heterocycles. The zero-order valence-electron chi connectivity index (χ0n) is 16.8. The Hall–Kier alpha value is -3.84. The highest BCUT2D eigenvalue weighted by atomic mass is 19.4. The van der Waals surface area contributed by atoms with Gasteiger partial charge in [0, 0.05) is 30.8 Å². The number of pyridine rings is 1. The number of hydrogen-bond acceptors (Lipinski definition) is 6. The summed E-state index contributed by atoms with van der Waals surface area (Å²) in [5.41, 5.74) is 1.40. The second-order valence-corrected chi connectivity index (χ2v) is 6.73. The van der Waals surface area contributed by atoms with Crippen LogP contribution in [-0.4, -0.2) is 44.2 Å². The average Bonchev–Trinajstić information content (AvgIpc) is 3.16. The third-order valence-corrected chi connectivity index (χ3v) is 4.19. The summed E-state index contributed by atoms with van der Waals surface area (Å²) in [7, 11) is 0. The van der Waals surface area contributed by atoms with E-state index in [1.807, 2.05) is 0 Å². The molecule has 0 unspecified atom stereocenters. The molecule has 0 aliphatic heterocycles. The van der Waals surface area contributed by atoms with Gasteiger partial charge in [-0.05, 0) is 17.7 Å². The van der Waals surface area contributed by atoms with Crippen molar-refractivity contribution in [3.63, 3.8) is 0 Å². The van der Waals surface area contributed by atoms with Crippen LogP contribution < -0.4 is 15.4 Å². The molecule has 0 aromatic carbocycles. The van der Waals surface area contributed by atoms with Gasteiger partial charge in [-0.25, -0.2) is 14.5 Å². The maximum atomic E-state index is 12.3. The summed E-state index contributed by atoms with van der Waals surface area (Å²) in [6, 6.07) is 3.98. The van der Waals surface area contributed by atoms with Crippen LogP contribution in [-0.2, 0) is 17.9 Å². The summed E-state index contributed by atoms with van der Waals surface area (Å²) in [6.07, 6.45) is -2.16. The van der Waals surface area contributed by atoms with Gasteiger partial charge in [-0.15, -0.1) is 0 Å². The largest absolute Gasteiger partial charge is 0.417 e. The minimum absolute atomic E-state index is 0.000927. The summed E-state index contributed by atoms with van der Waals surface area (Å²) in [4.78, 5) is 31.6. The van der Waals surface area contributed by atoms with Crippen LogP contribution in [0.25, 0.3) is 5.65 Å². The van der Waals surface area contributed by atoms with Crippen molar-refractivity contribution >= 4 is 17.5 Å². The number of amides is 2. The van der Waals surface area contributed by atoms with Crippen molar-refractivity contribution in [3.8, 4) is 5.88 Å². The highest BCUT2D eigenvalue weighted by molar-refractivity contribution is 5.94. The first kappa shape index (κ1) is 23.8. The summed E-state index contributed by atoms with van der Waals surface area (Å²) < 4.78 is 66.6. The van der Waals surface area contributed by atoms with E-state index in [0.717, 1.165) is 12.3 Å². The molecule has 2 amide bonds. The third-order valence-electron chi connectivity index (χ3n) is 4.19. The number of imidazole rings is 1. The van der Waals surface area contributed by atoms with Crippen LogP contribution in [0, 0.1) is 0 Å². The Labute approximate surface area is 183 Å². The first-order valence-corrected chi connectivity index (χ1v) is 9.45. The van der Waals surface area contributed by atoms with Gasteiger partial charge in [0.2, 0.25) is 11.8 Å². The van der Waals surface area contributed by atoms with Crippen molar-refractivity contribution < 1.29 is 36.3 Å². The lowest BCUT2D eigenvalue weighted by Crippen LogP contribution is -2.24. The smallest absolute Gasteiger partial charge is 0.389 e. The van der Waals surface area contributed by atoms with Gasteiger partial charge in [0.15, 0.2) is 5.65 Å². The molecular weight excluding hydrogens is 455 g/mol. The molecule has 0 saturated carbocycles. The van der Waals surface area contributed by atoms with Gasteiger partial charge in [0.1, 0.15) is 0 Å². The number of carbonyl (C=O) groups excluding carboxylic acids is 2. The molecule has 0 saturated heterocycles. The Morgan fingerprint density at radius 1 is 1.15 bits per heavy atom. The highest BCUT2D eigenvalue weighted by Crippen LogP contribution is 2.21. The maximum absolute atomic E-state index is 12.3. The molecule has 0 bridgehead atoms. The minimum Gasteiger partial charge on any atom is -0.417 e. The maximum Gasteiger partial charge on any atom is 0.389 e. The zero-order valence-corrected chi connectivity index (χ0v) is 16.8. The average molecular weight is 472 g/mol. The van der Waals surface area contributed by atoms with Crippen molar-refractivity contribution in [2.75, 3.05) is 0 Å². The van der Waals surface area contributed by atoms with Crippen molar-refractivity contribution in [2.45, 2.75) is 38.7 Å². The number of alkyl halides is 5. The van der Waals surface area contributed by atoms with E-state index >= 15 is 0 Å². The van der Waals surface area contributed by atoms with Crippen molar-refractivity contribution in [1.29, 1.82) is 0 Å². The fourth-order valence-corrected chi connectivity index (χ4v) is 2.67. The Morgan fingerprint density at radius 3 is 2.67 bits per heavy atom. The number of nitrogens with one attached hydrogen (secondary N) is 2. The van der Waals surface area contributed by atoms with Crippen molar-refractivity contribution in [2.24, 2.45) is 0 Å². The normalized spacial score (nSPS) is 11.6. The van der Waals surface area contributed by atoms with Gasteiger partial charge < -0.3 is 15.4 Å². The quantitative estimate of drug-likeness (QED) is 0.464. The summed E-state index contributed by atoms with van der Waals surface area (Å²) in [5, 5.41) is 9.06. The Balaban J connectivity index is 1.56. The van der Waals surface area contributed by atoms with E-state index < -0.39 is 43.3 Å². The first-order valence-electron chi connectivity index (χ1n) is 9.45. The SMILES string of the molecule is O=C(CCC(F)(F)F)NCc1cnn2cc(CNC(=O)c3ccnc(OC(F)F)c3)nc2c1. The van der Waals surface area contributed by atoms with Crippen molar-refractivity contribution in [3.05, 3.63) is 53.6 Å². The lowest BCUT2D eigenvalue weighted by molar-refractivity contribution is -0.144. The van der Waals surface area contributed by atoms with Crippen LogP contribution in [0.4, 0.5) is 22.0 Å². The van der Waals surface area contributed by atoms with Gasteiger partial charge in [0.05, 0.1) is 31.1 Å². The fourth-order valence-electron chi connectivity index (χ4n) is 2.67. The van der Waals surface area contributed by atoms with Gasteiger partial charge >= 0.3 is 12.8 Å². The second-order valence-electron chi connectivity index (χ2n) is 6.73. The van der Waals surface area contributed by atoms with Gasteiger partial charge in [-0.1, -0.05) is 0 Å². The number of halogens is 5.